The summed E-state index contributed by atoms with van der Waals surface area (Å²) in [7, 11) is 0. The van der Waals surface area contributed by atoms with Crippen LogP contribution in [0.15, 0.2) is 54.6 Å². The first-order valence-electron chi connectivity index (χ1n) is 9.79. The Labute approximate surface area is 165 Å². The topological polar surface area (TPSA) is 49.9 Å². The van der Waals surface area contributed by atoms with Crippen molar-refractivity contribution in [3.05, 3.63) is 71.3 Å². The summed E-state index contributed by atoms with van der Waals surface area (Å²) in [6.45, 7) is 6.62. The average Bonchev–Trinajstić information content (AvgIpc) is 3.19. The highest BCUT2D eigenvalue weighted by Crippen LogP contribution is 2.49. The van der Waals surface area contributed by atoms with E-state index in [1.165, 1.54) is 0 Å². The second-order valence-corrected chi connectivity index (χ2v) is 8.47. The lowest BCUT2D eigenvalue weighted by molar-refractivity contribution is -0.0373. The van der Waals surface area contributed by atoms with E-state index in [1.54, 1.807) is 4.90 Å². The van der Waals surface area contributed by atoms with Crippen LogP contribution in [0.2, 0.25) is 0 Å². The Balaban J connectivity index is 1.79. The predicted octanol–water partition coefficient (Wildman–Crippen LogP) is 4.53. The van der Waals surface area contributed by atoms with Gasteiger partial charge in [-0.25, -0.2) is 4.79 Å². The van der Waals surface area contributed by atoms with E-state index in [0.717, 1.165) is 17.5 Å². The monoisotopic (exact) mass is 378 g/mol. The van der Waals surface area contributed by atoms with Crippen molar-refractivity contribution >= 4 is 12.0 Å². The van der Waals surface area contributed by atoms with Gasteiger partial charge in [0.2, 0.25) is 0 Å². The van der Waals surface area contributed by atoms with Gasteiger partial charge in [-0.2, -0.15) is 0 Å². The highest BCUT2D eigenvalue weighted by molar-refractivity contribution is 6.00. The maximum atomic E-state index is 13.4. The van der Waals surface area contributed by atoms with E-state index in [2.05, 4.69) is 0 Å². The number of ether oxygens (including phenoxy) is 1. The maximum absolute atomic E-state index is 13.4. The Hall–Kier alpha value is -2.82. The molecule has 2 amide bonds. The number of benzene rings is 2. The van der Waals surface area contributed by atoms with Crippen LogP contribution in [0.4, 0.5) is 4.79 Å². The van der Waals surface area contributed by atoms with Crippen LogP contribution >= 0.6 is 0 Å². The van der Waals surface area contributed by atoms with Gasteiger partial charge < -0.3 is 9.64 Å². The molecule has 1 spiro atoms. The van der Waals surface area contributed by atoms with Crippen molar-refractivity contribution < 1.29 is 14.3 Å². The molecule has 2 aliphatic rings. The van der Waals surface area contributed by atoms with Crippen molar-refractivity contribution in [3.8, 4) is 0 Å². The van der Waals surface area contributed by atoms with Crippen molar-refractivity contribution in [1.82, 2.24) is 9.80 Å². The molecule has 2 aromatic rings. The first-order chi connectivity index (χ1) is 13.3. The van der Waals surface area contributed by atoms with E-state index in [-0.39, 0.29) is 12.0 Å². The number of hydrogen-bond donors (Lipinski definition) is 0. The van der Waals surface area contributed by atoms with Crippen LogP contribution < -0.4 is 0 Å². The molecule has 0 saturated carbocycles. The van der Waals surface area contributed by atoms with Gasteiger partial charge in [-0.3, -0.25) is 9.69 Å². The quantitative estimate of drug-likeness (QED) is 0.772. The summed E-state index contributed by atoms with van der Waals surface area (Å²) in [5, 5.41) is 0. The van der Waals surface area contributed by atoms with E-state index in [9.17, 15) is 9.59 Å². The van der Waals surface area contributed by atoms with Gasteiger partial charge in [0.15, 0.2) is 0 Å². The van der Waals surface area contributed by atoms with Crippen LogP contribution in [0.1, 0.15) is 55.1 Å². The molecule has 1 saturated heterocycles. The van der Waals surface area contributed by atoms with Gasteiger partial charge in [0, 0.05) is 24.2 Å². The normalized spacial score (nSPS) is 21.3. The second kappa shape index (κ2) is 6.66. The van der Waals surface area contributed by atoms with Gasteiger partial charge in [0.1, 0.15) is 11.3 Å². The molecule has 5 heteroatoms. The fourth-order valence-electron chi connectivity index (χ4n) is 4.37. The molecule has 28 heavy (non-hydrogen) atoms. The van der Waals surface area contributed by atoms with Crippen LogP contribution in [0.3, 0.4) is 0 Å². The summed E-state index contributed by atoms with van der Waals surface area (Å²) in [6, 6.07) is 17.6. The molecule has 4 rings (SSSR count). The molecule has 0 aliphatic carbocycles. The molecule has 146 valence electrons. The van der Waals surface area contributed by atoms with Gasteiger partial charge in [0.25, 0.3) is 5.91 Å². The van der Waals surface area contributed by atoms with Gasteiger partial charge >= 0.3 is 6.09 Å². The third kappa shape index (κ3) is 2.95. The Morgan fingerprint density at radius 2 is 1.75 bits per heavy atom. The van der Waals surface area contributed by atoms with E-state index < -0.39 is 11.3 Å². The molecule has 2 aliphatic heterocycles. The van der Waals surface area contributed by atoms with E-state index in [1.807, 2.05) is 80.3 Å². The molecular weight excluding hydrogens is 352 g/mol. The van der Waals surface area contributed by atoms with Gasteiger partial charge in [-0.1, -0.05) is 48.5 Å². The number of carbonyl (C=O) groups excluding carboxylic acids is 2. The molecule has 1 fully saturated rings. The molecule has 0 radical (unpaired) electrons. The zero-order valence-corrected chi connectivity index (χ0v) is 16.6. The minimum absolute atomic E-state index is 0.0325. The Morgan fingerprint density at radius 3 is 2.46 bits per heavy atom. The van der Waals surface area contributed by atoms with Crippen molar-refractivity contribution in [1.29, 1.82) is 0 Å². The summed E-state index contributed by atoms with van der Waals surface area (Å²) < 4.78 is 5.71. The predicted molar refractivity (Wildman–Crippen MR) is 107 cm³/mol. The van der Waals surface area contributed by atoms with Crippen molar-refractivity contribution in [2.24, 2.45) is 0 Å². The summed E-state index contributed by atoms with van der Waals surface area (Å²) >= 11 is 0. The third-order valence-corrected chi connectivity index (χ3v) is 5.43. The number of carbonyl (C=O) groups is 2. The Bertz CT molecular complexity index is 904. The van der Waals surface area contributed by atoms with Crippen molar-refractivity contribution in [2.45, 2.75) is 51.4 Å². The number of amides is 2. The minimum Gasteiger partial charge on any atom is -0.444 e. The lowest BCUT2D eigenvalue weighted by Crippen LogP contribution is -2.55. The highest BCUT2D eigenvalue weighted by atomic mass is 16.6. The van der Waals surface area contributed by atoms with E-state index in [0.29, 0.717) is 25.1 Å². The summed E-state index contributed by atoms with van der Waals surface area (Å²) in [5.41, 5.74) is 1.24. The third-order valence-electron chi connectivity index (χ3n) is 5.43. The Morgan fingerprint density at radius 1 is 1.07 bits per heavy atom. The Kier molecular flexibility index (Phi) is 4.41. The molecule has 1 unspecified atom stereocenters. The molecule has 1 atom stereocenters. The van der Waals surface area contributed by atoms with Gasteiger partial charge in [0.05, 0.1) is 0 Å². The fourth-order valence-corrected chi connectivity index (χ4v) is 4.37. The molecule has 0 N–H and O–H groups in total. The SMILES string of the molecule is CC(C)(C)OC(=O)N1CCCC12c1ccccc1C(=O)N2Cc1ccccc1. The summed E-state index contributed by atoms with van der Waals surface area (Å²) in [4.78, 5) is 30.1. The zero-order chi connectivity index (χ0) is 19.9. The lowest BCUT2D eigenvalue weighted by Gasteiger charge is -2.43. The van der Waals surface area contributed by atoms with Crippen LogP contribution in [0, 0.1) is 0 Å². The lowest BCUT2D eigenvalue weighted by atomic mass is 9.95. The highest BCUT2D eigenvalue weighted by Gasteiger charge is 2.57. The second-order valence-electron chi connectivity index (χ2n) is 8.47. The van der Waals surface area contributed by atoms with Crippen LogP contribution in [-0.2, 0) is 16.9 Å². The van der Waals surface area contributed by atoms with Gasteiger partial charge in [-0.05, 0) is 45.2 Å². The number of rotatable bonds is 2. The fraction of sp³-hybridized carbons (Fsp3) is 0.391. The van der Waals surface area contributed by atoms with Gasteiger partial charge in [-0.15, -0.1) is 0 Å². The first kappa shape index (κ1) is 18.5. The molecule has 0 bridgehead atoms. The molecule has 0 aromatic heterocycles. The molecular formula is C23H26N2O3. The van der Waals surface area contributed by atoms with Crippen molar-refractivity contribution in [2.75, 3.05) is 6.54 Å². The van der Waals surface area contributed by atoms with E-state index in [4.69, 9.17) is 4.74 Å². The molecule has 5 nitrogen and oxygen atoms in total. The number of likely N-dealkylation sites (tertiary alicyclic amines) is 1. The van der Waals surface area contributed by atoms with Crippen LogP contribution in [-0.4, -0.2) is 33.9 Å². The summed E-state index contributed by atoms with van der Waals surface area (Å²) in [5.74, 6) is -0.0325. The smallest absolute Gasteiger partial charge is 0.412 e. The number of hydrogen-bond acceptors (Lipinski definition) is 3. The van der Waals surface area contributed by atoms with Crippen molar-refractivity contribution in [3.63, 3.8) is 0 Å². The standard InChI is InChI=1S/C23H26N2O3/c1-22(2,3)28-21(27)24-15-9-14-23(24)19-13-8-7-12-18(19)20(26)25(23)16-17-10-5-4-6-11-17/h4-8,10-13H,9,14-16H2,1-3H3. The van der Waals surface area contributed by atoms with Crippen LogP contribution in [0.25, 0.3) is 0 Å². The maximum Gasteiger partial charge on any atom is 0.412 e. The van der Waals surface area contributed by atoms with Crippen LogP contribution in [0.5, 0.6) is 0 Å². The minimum atomic E-state index is -0.786. The molecule has 2 aromatic carbocycles. The largest absolute Gasteiger partial charge is 0.444 e. The first-order valence-corrected chi connectivity index (χ1v) is 9.79. The number of nitrogens with zero attached hydrogens (tertiary/aromatic N) is 2. The number of fused-ring (bicyclic) bond motifs is 2. The van der Waals surface area contributed by atoms with E-state index >= 15 is 0 Å². The zero-order valence-electron chi connectivity index (χ0n) is 16.6. The average molecular weight is 378 g/mol. The molecule has 2 heterocycles. The summed E-state index contributed by atoms with van der Waals surface area (Å²) in [6.07, 6.45) is 1.17.